The second kappa shape index (κ2) is 15.6. The molecule has 1 atom stereocenters. The zero-order valence-electron chi connectivity index (χ0n) is 32.2. The summed E-state index contributed by atoms with van der Waals surface area (Å²) in [6.07, 6.45) is 9.17. The fourth-order valence-electron chi connectivity index (χ4n) is 8.89. The van der Waals surface area contributed by atoms with E-state index in [-0.39, 0.29) is 59.1 Å². The minimum absolute atomic E-state index is 0.00963. The maximum absolute atomic E-state index is 13.5. The Balaban J connectivity index is 0.765. The van der Waals surface area contributed by atoms with Crippen LogP contribution in [0.15, 0.2) is 42.9 Å². The fourth-order valence-corrected chi connectivity index (χ4v) is 8.89. The molecule has 0 radical (unpaired) electrons. The number of rotatable bonds is 8. The lowest BCUT2D eigenvalue weighted by Gasteiger charge is -2.35. The average Bonchev–Trinajstić information content (AvgIpc) is 3.95. The van der Waals surface area contributed by atoms with Crippen LogP contribution in [0.5, 0.6) is 0 Å². The number of fused-ring (bicyclic) bond motifs is 2. The van der Waals surface area contributed by atoms with E-state index in [2.05, 4.69) is 47.3 Å². The van der Waals surface area contributed by atoms with Crippen molar-refractivity contribution in [3.63, 3.8) is 0 Å². The summed E-state index contributed by atoms with van der Waals surface area (Å²) in [6, 6.07) is 8.02. The molecule has 5 aliphatic rings. The van der Waals surface area contributed by atoms with Gasteiger partial charge in [-0.25, -0.2) is 9.50 Å². The number of nitrogens with one attached hydrogen (secondary N) is 4. The topological polar surface area (TPSA) is 232 Å². The third-order valence-electron chi connectivity index (χ3n) is 12.2. The van der Waals surface area contributed by atoms with Gasteiger partial charge < -0.3 is 25.8 Å². The number of hydrogen-bond donors (Lipinski definition) is 4. The fraction of sp³-hybridized carbons (Fsp3) is 0.450. The van der Waals surface area contributed by atoms with Crippen molar-refractivity contribution in [3.8, 4) is 6.07 Å². The average molecular weight is 802 g/mol. The molecule has 4 aromatic rings. The molecule has 3 aromatic heterocycles. The number of nitriles is 1. The lowest BCUT2D eigenvalue weighted by molar-refractivity contribution is -0.136. The Morgan fingerprint density at radius 1 is 0.881 bits per heavy atom. The van der Waals surface area contributed by atoms with Gasteiger partial charge in [-0.2, -0.15) is 15.5 Å². The standard InChI is InChI=1S/C40H43N13O6/c41-20-30-31(45-37(56)29-21-43-51-16-11-33(46-35(29)51)50-17-12-42-13-18-50)22-52(48-30)25-3-1-23(2-4-25)36(55)44-24-9-14-49(15-10-24)26-5-6-27-28(19-26)40(59)53(39(27)58)32-7-8-34(54)47-38(32)57/h5-6,11,16,19,21-25,32,42H,1-4,7-10,12-15,17-18H2,(H,44,55)(H,45,56)(H,47,54,57). The van der Waals surface area contributed by atoms with Gasteiger partial charge in [-0.15, -0.1) is 0 Å². The molecule has 1 aromatic carbocycles. The van der Waals surface area contributed by atoms with Crippen LogP contribution in [0.2, 0.25) is 0 Å². The van der Waals surface area contributed by atoms with Crippen molar-refractivity contribution >= 4 is 58.3 Å². The number of hydrogen-bond acceptors (Lipinski definition) is 13. The van der Waals surface area contributed by atoms with Gasteiger partial charge in [-0.1, -0.05) is 0 Å². The molecule has 4 aliphatic heterocycles. The predicted molar refractivity (Wildman–Crippen MR) is 210 cm³/mol. The molecule has 7 heterocycles. The van der Waals surface area contributed by atoms with Gasteiger partial charge in [-0.3, -0.25) is 43.7 Å². The molecule has 9 rings (SSSR count). The SMILES string of the molecule is N#Cc1nn(C2CCC(C(=O)NC3CCN(c4ccc5c(c4)C(=O)N(C4CCC(=O)NC4=O)C5=O)CC3)CC2)cc1NC(=O)c1cnn2ccc(N3CCNCC3)nc12. The first-order chi connectivity index (χ1) is 28.6. The maximum Gasteiger partial charge on any atom is 0.262 e. The number of piperazine rings is 1. The minimum Gasteiger partial charge on any atom is -0.371 e. The molecule has 19 nitrogen and oxygen atoms in total. The normalized spacial score (nSPS) is 22.6. The molecule has 0 bridgehead atoms. The van der Waals surface area contributed by atoms with Crippen LogP contribution in [0, 0.1) is 17.2 Å². The van der Waals surface area contributed by atoms with Gasteiger partial charge >= 0.3 is 0 Å². The van der Waals surface area contributed by atoms with Crippen LogP contribution in [0.4, 0.5) is 17.2 Å². The number of imide groups is 2. The van der Waals surface area contributed by atoms with E-state index >= 15 is 0 Å². The van der Waals surface area contributed by atoms with E-state index in [4.69, 9.17) is 4.98 Å². The van der Waals surface area contributed by atoms with Crippen LogP contribution >= 0.6 is 0 Å². The number of benzene rings is 1. The zero-order valence-corrected chi connectivity index (χ0v) is 32.2. The molecule has 6 amide bonds. The number of piperidine rings is 2. The molecule has 1 saturated carbocycles. The molecule has 1 aliphatic carbocycles. The quantitative estimate of drug-likeness (QED) is 0.185. The Hall–Kier alpha value is -6.68. The first-order valence-corrected chi connectivity index (χ1v) is 20.2. The molecular formula is C40H43N13O6. The van der Waals surface area contributed by atoms with Crippen molar-refractivity contribution in [1.29, 1.82) is 5.26 Å². The number of carbonyl (C=O) groups excluding carboxylic acids is 6. The predicted octanol–water partition coefficient (Wildman–Crippen LogP) is 1.38. The second-order valence-corrected chi connectivity index (χ2v) is 15.7. The van der Waals surface area contributed by atoms with E-state index in [0.717, 1.165) is 42.6 Å². The summed E-state index contributed by atoms with van der Waals surface area (Å²) < 4.78 is 3.28. The maximum atomic E-state index is 13.5. The highest BCUT2D eigenvalue weighted by molar-refractivity contribution is 6.23. The smallest absolute Gasteiger partial charge is 0.262 e. The molecule has 19 heteroatoms. The molecule has 4 fully saturated rings. The lowest BCUT2D eigenvalue weighted by Crippen LogP contribution is -2.54. The van der Waals surface area contributed by atoms with Crippen molar-refractivity contribution < 1.29 is 28.8 Å². The molecule has 304 valence electrons. The Morgan fingerprint density at radius 2 is 1.64 bits per heavy atom. The molecule has 59 heavy (non-hydrogen) atoms. The van der Waals surface area contributed by atoms with Gasteiger partial charge in [0.05, 0.1) is 35.2 Å². The second-order valence-electron chi connectivity index (χ2n) is 15.7. The van der Waals surface area contributed by atoms with Gasteiger partial charge in [0.15, 0.2) is 11.3 Å². The summed E-state index contributed by atoms with van der Waals surface area (Å²) in [4.78, 5) is 87.4. The van der Waals surface area contributed by atoms with Crippen molar-refractivity contribution in [2.75, 3.05) is 54.4 Å². The van der Waals surface area contributed by atoms with E-state index < -0.39 is 35.6 Å². The Bertz CT molecular complexity index is 2410. The molecule has 1 unspecified atom stereocenters. The first-order valence-electron chi connectivity index (χ1n) is 20.2. The van der Waals surface area contributed by atoms with Crippen LogP contribution in [-0.4, -0.2) is 116 Å². The van der Waals surface area contributed by atoms with E-state index in [1.165, 1.54) is 6.20 Å². The van der Waals surface area contributed by atoms with Crippen molar-refractivity contribution in [3.05, 3.63) is 65.2 Å². The van der Waals surface area contributed by atoms with Gasteiger partial charge in [0.25, 0.3) is 17.7 Å². The Kier molecular flexibility index (Phi) is 10.0. The van der Waals surface area contributed by atoms with Gasteiger partial charge in [0.1, 0.15) is 23.5 Å². The zero-order chi connectivity index (χ0) is 40.8. The summed E-state index contributed by atoms with van der Waals surface area (Å²) in [5, 5.41) is 30.3. The number of amides is 6. The highest BCUT2D eigenvalue weighted by Crippen LogP contribution is 2.35. The van der Waals surface area contributed by atoms with Gasteiger partial charge in [-0.05, 0) is 69.2 Å². The summed E-state index contributed by atoms with van der Waals surface area (Å²) in [5.41, 5.74) is 2.37. The van der Waals surface area contributed by atoms with Crippen molar-refractivity contribution in [2.45, 2.75) is 69.5 Å². The number of nitrogens with zero attached hydrogens (tertiary/aromatic N) is 9. The number of aromatic nitrogens is 5. The first kappa shape index (κ1) is 37.9. The monoisotopic (exact) mass is 801 g/mol. The highest BCUT2D eigenvalue weighted by Gasteiger charge is 2.45. The number of carbonyl (C=O) groups is 6. The van der Waals surface area contributed by atoms with E-state index in [1.807, 2.05) is 6.07 Å². The Morgan fingerprint density at radius 3 is 2.39 bits per heavy atom. The minimum atomic E-state index is -1.02. The third kappa shape index (κ3) is 7.24. The van der Waals surface area contributed by atoms with Crippen molar-refractivity contribution in [1.82, 2.24) is 45.2 Å². The van der Waals surface area contributed by atoms with Gasteiger partial charge in [0.2, 0.25) is 17.7 Å². The lowest BCUT2D eigenvalue weighted by atomic mass is 9.85. The molecule has 0 spiro atoms. The van der Waals surface area contributed by atoms with Crippen LogP contribution < -0.4 is 31.1 Å². The van der Waals surface area contributed by atoms with Crippen LogP contribution in [-0.2, 0) is 14.4 Å². The molecule has 3 saturated heterocycles. The van der Waals surface area contributed by atoms with E-state index in [0.29, 0.717) is 62.9 Å². The van der Waals surface area contributed by atoms with Gasteiger partial charge in [0, 0.05) is 69.5 Å². The summed E-state index contributed by atoms with van der Waals surface area (Å²) >= 11 is 0. The molecule has 4 N–H and O–H groups in total. The summed E-state index contributed by atoms with van der Waals surface area (Å²) in [5.74, 6) is -1.95. The number of anilines is 3. The van der Waals surface area contributed by atoms with Crippen LogP contribution in [0.3, 0.4) is 0 Å². The summed E-state index contributed by atoms with van der Waals surface area (Å²) in [6.45, 7) is 4.60. The summed E-state index contributed by atoms with van der Waals surface area (Å²) in [7, 11) is 0. The Labute approximate surface area is 338 Å². The molecular weight excluding hydrogens is 759 g/mol. The van der Waals surface area contributed by atoms with Crippen molar-refractivity contribution in [2.24, 2.45) is 5.92 Å². The highest BCUT2D eigenvalue weighted by atomic mass is 16.2. The van der Waals surface area contributed by atoms with E-state index in [1.54, 1.807) is 39.8 Å². The third-order valence-corrected chi connectivity index (χ3v) is 12.2. The largest absolute Gasteiger partial charge is 0.371 e. The van der Waals surface area contributed by atoms with Crippen LogP contribution in [0.1, 0.15) is 94.2 Å². The van der Waals surface area contributed by atoms with Crippen LogP contribution in [0.25, 0.3) is 5.65 Å². The van der Waals surface area contributed by atoms with E-state index in [9.17, 15) is 34.0 Å².